The lowest BCUT2D eigenvalue weighted by atomic mass is 9.92. The molecule has 14 heavy (non-hydrogen) atoms. The second-order valence-electron chi connectivity index (χ2n) is 4.93. The highest BCUT2D eigenvalue weighted by Gasteiger charge is 2.24. The van der Waals surface area contributed by atoms with Crippen molar-refractivity contribution in [3.63, 3.8) is 0 Å². The van der Waals surface area contributed by atoms with Crippen LogP contribution < -0.4 is 4.74 Å². The highest BCUT2D eigenvalue weighted by atomic mass is 16.5. The summed E-state index contributed by atoms with van der Waals surface area (Å²) in [6.45, 7) is 6.49. The molecule has 2 heteroatoms. The predicted octanol–water partition coefficient (Wildman–Crippen LogP) is 2.92. The van der Waals surface area contributed by atoms with Gasteiger partial charge in [-0.2, -0.15) is 0 Å². The monoisotopic (exact) mass is 191 g/mol. The minimum atomic E-state index is 0.100. The van der Waals surface area contributed by atoms with Gasteiger partial charge in [0.15, 0.2) is 0 Å². The molecule has 0 saturated heterocycles. The van der Waals surface area contributed by atoms with Gasteiger partial charge in [0.1, 0.15) is 6.10 Å². The predicted molar refractivity (Wildman–Crippen MR) is 56.6 cm³/mol. The molecule has 0 radical (unpaired) electrons. The second-order valence-corrected chi connectivity index (χ2v) is 4.93. The summed E-state index contributed by atoms with van der Waals surface area (Å²) in [5, 5.41) is 0. The van der Waals surface area contributed by atoms with Gasteiger partial charge in [0, 0.05) is 17.2 Å². The molecule has 1 aliphatic rings. The molecule has 0 atom stereocenters. The molecule has 1 aromatic rings. The van der Waals surface area contributed by atoms with E-state index in [1.54, 1.807) is 0 Å². The quantitative estimate of drug-likeness (QED) is 0.717. The Hall–Kier alpha value is -1.05. The fraction of sp³-hybridized carbons (Fsp3) is 0.583. The molecular formula is C12H17NO. The Balaban J connectivity index is 2.17. The van der Waals surface area contributed by atoms with E-state index in [-0.39, 0.29) is 5.41 Å². The summed E-state index contributed by atoms with van der Waals surface area (Å²) < 4.78 is 5.65. The summed E-state index contributed by atoms with van der Waals surface area (Å²) >= 11 is 0. The van der Waals surface area contributed by atoms with Crippen molar-refractivity contribution in [2.24, 2.45) is 0 Å². The van der Waals surface area contributed by atoms with E-state index >= 15 is 0 Å². The highest BCUT2D eigenvalue weighted by Crippen LogP contribution is 2.27. The molecule has 2 nitrogen and oxygen atoms in total. The number of pyridine rings is 1. The minimum absolute atomic E-state index is 0.100. The SMILES string of the molecule is CC(C)(C)c1cccc(OC2CC2)n1. The van der Waals surface area contributed by atoms with E-state index in [1.807, 2.05) is 12.1 Å². The van der Waals surface area contributed by atoms with Gasteiger partial charge in [0.05, 0.1) is 0 Å². The lowest BCUT2D eigenvalue weighted by Crippen LogP contribution is -2.14. The average molecular weight is 191 g/mol. The Morgan fingerprint density at radius 3 is 2.57 bits per heavy atom. The van der Waals surface area contributed by atoms with Gasteiger partial charge in [0.25, 0.3) is 0 Å². The summed E-state index contributed by atoms with van der Waals surface area (Å²) in [6, 6.07) is 6.01. The van der Waals surface area contributed by atoms with E-state index in [0.29, 0.717) is 6.10 Å². The normalized spacial score (nSPS) is 16.8. The minimum Gasteiger partial charge on any atom is -0.474 e. The lowest BCUT2D eigenvalue weighted by Gasteiger charge is -2.18. The maximum atomic E-state index is 5.65. The van der Waals surface area contributed by atoms with Crippen molar-refractivity contribution in [2.75, 3.05) is 0 Å². The number of nitrogens with zero attached hydrogens (tertiary/aromatic N) is 1. The third-order valence-corrected chi connectivity index (χ3v) is 2.30. The zero-order chi connectivity index (χ0) is 10.2. The van der Waals surface area contributed by atoms with Crippen molar-refractivity contribution in [1.82, 2.24) is 4.98 Å². The Kier molecular flexibility index (Phi) is 2.22. The summed E-state index contributed by atoms with van der Waals surface area (Å²) in [6.07, 6.45) is 2.79. The Morgan fingerprint density at radius 2 is 2.00 bits per heavy atom. The van der Waals surface area contributed by atoms with Crippen molar-refractivity contribution < 1.29 is 4.74 Å². The van der Waals surface area contributed by atoms with Crippen molar-refractivity contribution in [2.45, 2.75) is 45.1 Å². The van der Waals surface area contributed by atoms with Crippen LogP contribution in [0.4, 0.5) is 0 Å². The molecule has 0 spiro atoms. The van der Waals surface area contributed by atoms with Crippen LogP contribution in [0, 0.1) is 0 Å². The van der Waals surface area contributed by atoms with E-state index in [4.69, 9.17) is 4.74 Å². The molecule has 1 aliphatic carbocycles. The van der Waals surface area contributed by atoms with Gasteiger partial charge in [-0.05, 0) is 18.9 Å². The Morgan fingerprint density at radius 1 is 1.29 bits per heavy atom. The van der Waals surface area contributed by atoms with Gasteiger partial charge in [-0.15, -0.1) is 0 Å². The van der Waals surface area contributed by atoms with Crippen LogP contribution in [0.5, 0.6) is 5.88 Å². The van der Waals surface area contributed by atoms with Gasteiger partial charge in [-0.25, -0.2) is 4.98 Å². The molecule has 0 aliphatic heterocycles. The maximum absolute atomic E-state index is 5.65. The van der Waals surface area contributed by atoms with Gasteiger partial charge >= 0.3 is 0 Å². The number of hydrogen-bond donors (Lipinski definition) is 0. The van der Waals surface area contributed by atoms with E-state index in [9.17, 15) is 0 Å². The molecule has 76 valence electrons. The fourth-order valence-electron chi connectivity index (χ4n) is 1.25. The van der Waals surface area contributed by atoms with Crippen LogP contribution >= 0.6 is 0 Å². The molecule has 0 bridgehead atoms. The Labute approximate surface area is 85.3 Å². The number of rotatable bonds is 2. The van der Waals surface area contributed by atoms with Crippen LogP contribution in [-0.4, -0.2) is 11.1 Å². The maximum Gasteiger partial charge on any atom is 0.213 e. The third kappa shape index (κ3) is 2.25. The fourth-order valence-corrected chi connectivity index (χ4v) is 1.25. The van der Waals surface area contributed by atoms with E-state index < -0.39 is 0 Å². The topological polar surface area (TPSA) is 22.1 Å². The second kappa shape index (κ2) is 3.26. The summed E-state index contributed by atoms with van der Waals surface area (Å²) in [5.74, 6) is 0.778. The lowest BCUT2D eigenvalue weighted by molar-refractivity contribution is 0.288. The zero-order valence-electron chi connectivity index (χ0n) is 9.08. The standard InChI is InChI=1S/C12H17NO/c1-12(2,3)10-5-4-6-11(13-10)14-9-7-8-9/h4-6,9H,7-8H2,1-3H3. The number of ether oxygens (including phenoxy) is 1. The smallest absolute Gasteiger partial charge is 0.213 e. The van der Waals surface area contributed by atoms with Crippen molar-refractivity contribution in [3.05, 3.63) is 23.9 Å². The zero-order valence-corrected chi connectivity index (χ0v) is 9.08. The van der Waals surface area contributed by atoms with Gasteiger partial charge in [0.2, 0.25) is 5.88 Å². The number of aromatic nitrogens is 1. The first kappa shape index (κ1) is 9.50. The first-order valence-electron chi connectivity index (χ1n) is 5.20. The molecule has 2 rings (SSSR count). The summed E-state index contributed by atoms with van der Waals surface area (Å²) in [5.41, 5.74) is 1.19. The van der Waals surface area contributed by atoms with Crippen LogP contribution in [-0.2, 0) is 5.41 Å². The van der Waals surface area contributed by atoms with Crippen molar-refractivity contribution in [3.8, 4) is 5.88 Å². The van der Waals surface area contributed by atoms with E-state index in [1.165, 1.54) is 12.8 Å². The van der Waals surface area contributed by atoms with Crippen LogP contribution in [0.25, 0.3) is 0 Å². The molecule has 1 heterocycles. The summed E-state index contributed by atoms with van der Waals surface area (Å²) in [4.78, 5) is 4.50. The first-order valence-corrected chi connectivity index (χ1v) is 5.20. The van der Waals surface area contributed by atoms with E-state index in [2.05, 4.69) is 31.8 Å². The molecule has 0 unspecified atom stereocenters. The van der Waals surface area contributed by atoms with Crippen LogP contribution in [0.3, 0.4) is 0 Å². The molecule has 0 aromatic carbocycles. The highest BCUT2D eigenvalue weighted by molar-refractivity contribution is 5.21. The molecule has 0 N–H and O–H groups in total. The van der Waals surface area contributed by atoms with Gasteiger partial charge in [-0.3, -0.25) is 0 Å². The van der Waals surface area contributed by atoms with Gasteiger partial charge < -0.3 is 4.74 Å². The van der Waals surface area contributed by atoms with Crippen molar-refractivity contribution >= 4 is 0 Å². The summed E-state index contributed by atoms with van der Waals surface area (Å²) in [7, 11) is 0. The largest absolute Gasteiger partial charge is 0.474 e. The first-order chi connectivity index (χ1) is 6.55. The van der Waals surface area contributed by atoms with Crippen LogP contribution in [0.15, 0.2) is 18.2 Å². The molecule has 0 amide bonds. The average Bonchev–Trinajstić information content (AvgIpc) is 2.87. The van der Waals surface area contributed by atoms with E-state index in [0.717, 1.165) is 11.6 Å². The van der Waals surface area contributed by atoms with Crippen molar-refractivity contribution in [1.29, 1.82) is 0 Å². The number of hydrogen-bond acceptors (Lipinski definition) is 2. The van der Waals surface area contributed by atoms with Crippen LogP contribution in [0.1, 0.15) is 39.3 Å². The molecule has 1 saturated carbocycles. The van der Waals surface area contributed by atoms with Crippen LogP contribution in [0.2, 0.25) is 0 Å². The molecule has 1 aromatic heterocycles. The third-order valence-electron chi connectivity index (χ3n) is 2.30. The van der Waals surface area contributed by atoms with Gasteiger partial charge in [-0.1, -0.05) is 26.8 Å². The molecular weight excluding hydrogens is 174 g/mol. The molecule has 1 fully saturated rings. The Bertz CT molecular complexity index is 323.